The number of anilines is 1. The molecule has 1 aromatic heterocycles. The Morgan fingerprint density at radius 2 is 1.73 bits per heavy atom. The third-order valence-electron chi connectivity index (χ3n) is 4.76. The Morgan fingerprint density at radius 1 is 1.03 bits per heavy atom. The first kappa shape index (κ1) is 20.7. The minimum Gasteiger partial charge on any atom is -0.360 e. The van der Waals surface area contributed by atoms with Gasteiger partial charge in [-0.3, -0.25) is 9.80 Å². The van der Waals surface area contributed by atoms with Crippen molar-refractivity contribution >= 4 is 40.2 Å². The number of aromatic nitrogens is 1. The van der Waals surface area contributed by atoms with Gasteiger partial charge in [0.2, 0.25) is 0 Å². The third kappa shape index (κ3) is 4.92. The smallest absolute Gasteiger partial charge is 0.275 e. The van der Waals surface area contributed by atoms with Crippen LogP contribution in [0.2, 0.25) is 0 Å². The zero-order valence-corrected chi connectivity index (χ0v) is 18.6. The van der Waals surface area contributed by atoms with E-state index in [-0.39, 0.29) is 11.3 Å². The van der Waals surface area contributed by atoms with Crippen molar-refractivity contribution in [3.63, 3.8) is 0 Å². The van der Waals surface area contributed by atoms with E-state index in [0.717, 1.165) is 21.2 Å². The number of hydrazine groups is 1. The summed E-state index contributed by atoms with van der Waals surface area (Å²) >= 11 is 3.15. The van der Waals surface area contributed by atoms with Crippen LogP contribution in [-0.2, 0) is 4.79 Å². The molecule has 1 fully saturated rings. The topological polar surface area (TPSA) is 57.3 Å². The predicted octanol–water partition coefficient (Wildman–Crippen LogP) is 4.99. The SMILES string of the molecule is Cc1ccc(/C=C2/SC(c3ccc(C)cc3)N(NCCNc3nccs3)C2=O)cc1. The second kappa shape index (κ2) is 9.47. The van der Waals surface area contributed by atoms with Crippen molar-refractivity contribution in [2.45, 2.75) is 19.2 Å². The quantitative estimate of drug-likeness (QED) is 0.404. The zero-order valence-electron chi connectivity index (χ0n) is 17.0. The molecule has 0 spiro atoms. The summed E-state index contributed by atoms with van der Waals surface area (Å²) < 4.78 is 0. The monoisotopic (exact) mass is 436 g/mol. The van der Waals surface area contributed by atoms with Crippen molar-refractivity contribution < 1.29 is 4.79 Å². The van der Waals surface area contributed by atoms with Crippen LogP contribution in [0.4, 0.5) is 5.13 Å². The lowest BCUT2D eigenvalue weighted by Gasteiger charge is -2.24. The fourth-order valence-corrected chi connectivity index (χ4v) is 4.89. The number of rotatable bonds is 7. The van der Waals surface area contributed by atoms with E-state index in [1.807, 2.05) is 23.6 Å². The number of hydrogen-bond acceptors (Lipinski definition) is 6. The van der Waals surface area contributed by atoms with Gasteiger partial charge >= 0.3 is 0 Å². The Hall–Kier alpha value is -2.61. The van der Waals surface area contributed by atoms with Crippen molar-refractivity contribution in [1.82, 2.24) is 15.4 Å². The fraction of sp³-hybridized carbons (Fsp3) is 0.217. The summed E-state index contributed by atoms with van der Waals surface area (Å²) in [6.07, 6.45) is 3.75. The highest BCUT2D eigenvalue weighted by Gasteiger charge is 2.37. The molecule has 7 heteroatoms. The van der Waals surface area contributed by atoms with Crippen molar-refractivity contribution in [3.8, 4) is 0 Å². The Labute approximate surface area is 185 Å². The van der Waals surface area contributed by atoms with Crippen LogP contribution >= 0.6 is 23.1 Å². The number of nitrogens with one attached hydrogen (secondary N) is 2. The number of thioether (sulfide) groups is 1. The molecule has 1 atom stereocenters. The Balaban J connectivity index is 1.51. The van der Waals surface area contributed by atoms with Gasteiger partial charge in [-0.1, -0.05) is 71.4 Å². The summed E-state index contributed by atoms with van der Waals surface area (Å²) in [5.41, 5.74) is 7.86. The van der Waals surface area contributed by atoms with Crippen molar-refractivity contribution in [2.24, 2.45) is 0 Å². The summed E-state index contributed by atoms with van der Waals surface area (Å²) in [7, 11) is 0. The Kier molecular flexibility index (Phi) is 6.52. The van der Waals surface area contributed by atoms with Gasteiger partial charge in [-0.2, -0.15) is 0 Å². The van der Waals surface area contributed by atoms with E-state index in [1.54, 1.807) is 34.3 Å². The summed E-state index contributed by atoms with van der Waals surface area (Å²) in [5.74, 6) is 0.000369. The minimum absolute atomic E-state index is 0.000369. The number of carbonyl (C=O) groups excluding carboxylic acids is 1. The van der Waals surface area contributed by atoms with Gasteiger partial charge in [0.05, 0.1) is 4.91 Å². The molecule has 0 saturated carbocycles. The molecule has 1 amide bonds. The van der Waals surface area contributed by atoms with Crippen LogP contribution < -0.4 is 10.7 Å². The molecule has 1 saturated heterocycles. The predicted molar refractivity (Wildman–Crippen MR) is 126 cm³/mol. The van der Waals surface area contributed by atoms with E-state index in [4.69, 9.17) is 0 Å². The summed E-state index contributed by atoms with van der Waals surface area (Å²) in [6, 6.07) is 16.6. The molecule has 4 rings (SSSR count). The average molecular weight is 437 g/mol. The molecule has 5 nitrogen and oxygen atoms in total. The maximum atomic E-state index is 13.2. The molecule has 0 bridgehead atoms. The lowest BCUT2D eigenvalue weighted by molar-refractivity contribution is -0.129. The number of carbonyl (C=O) groups is 1. The highest BCUT2D eigenvalue weighted by Crippen LogP contribution is 2.45. The largest absolute Gasteiger partial charge is 0.360 e. The maximum absolute atomic E-state index is 13.2. The van der Waals surface area contributed by atoms with E-state index >= 15 is 0 Å². The lowest BCUT2D eigenvalue weighted by atomic mass is 10.1. The standard InChI is InChI=1S/C23H24N4OS2/c1-16-3-7-18(8-4-16)15-20-21(28)27(26-12-11-24-23-25-13-14-29-23)22(30-20)19-9-5-17(2)6-10-19/h3-10,13-15,22,26H,11-12H2,1-2H3,(H,24,25)/b20-15+. The van der Waals surface area contributed by atoms with Crippen LogP contribution in [0.5, 0.6) is 0 Å². The molecule has 1 unspecified atom stereocenters. The van der Waals surface area contributed by atoms with E-state index in [9.17, 15) is 4.79 Å². The first-order valence-electron chi connectivity index (χ1n) is 9.82. The highest BCUT2D eigenvalue weighted by molar-refractivity contribution is 8.04. The van der Waals surface area contributed by atoms with E-state index in [0.29, 0.717) is 13.1 Å². The van der Waals surface area contributed by atoms with E-state index in [2.05, 4.69) is 66.0 Å². The lowest BCUT2D eigenvalue weighted by Crippen LogP contribution is -2.42. The third-order valence-corrected chi connectivity index (χ3v) is 6.74. The molecule has 1 aliphatic heterocycles. The number of nitrogens with zero attached hydrogens (tertiary/aromatic N) is 2. The van der Waals surface area contributed by atoms with Gasteiger partial charge in [-0.15, -0.1) is 11.3 Å². The Morgan fingerprint density at radius 3 is 2.40 bits per heavy atom. The van der Waals surface area contributed by atoms with Crippen LogP contribution in [0.15, 0.2) is 65.0 Å². The molecule has 2 N–H and O–H groups in total. The fourth-order valence-electron chi connectivity index (χ4n) is 3.12. The van der Waals surface area contributed by atoms with Crippen molar-refractivity contribution in [3.05, 3.63) is 87.3 Å². The van der Waals surface area contributed by atoms with Gasteiger partial charge in [-0.25, -0.2) is 10.4 Å². The second-order valence-electron chi connectivity index (χ2n) is 7.15. The van der Waals surface area contributed by atoms with Crippen molar-refractivity contribution in [2.75, 3.05) is 18.4 Å². The molecule has 0 aliphatic carbocycles. The van der Waals surface area contributed by atoms with Gasteiger partial charge in [0.1, 0.15) is 5.37 Å². The van der Waals surface area contributed by atoms with E-state index in [1.165, 1.54) is 11.1 Å². The number of thiazole rings is 1. The van der Waals surface area contributed by atoms with Gasteiger partial charge in [-0.05, 0) is 31.1 Å². The van der Waals surface area contributed by atoms with Crippen LogP contribution in [0, 0.1) is 13.8 Å². The number of benzene rings is 2. The Bertz CT molecular complexity index is 1010. The van der Waals surface area contributed by atoms with Crippen LogP contribution in [0.1, 0.15) is 27.6 Å². The molecule has 154 valence electrons. The first-order valence-corrected chi connectivity index (χ1v) is 11.6. The van der Waals surface area contributed by atoms with Gasteiger partial charge in [0.25, 0.3) is 5.91 Å². The molecular formula is C23H24N4OS2. The average Bonchev–Trinajstić information content (AvgIpc) is 3.37. The van der Waals surface area contributed by atoms with Gasteiger partial charge < -0.3 is 5.32 Å². The summed E-state index contributed by atoms with van der Waals surface area (Å²) in [4.78, 5) is 18.2. The zero-order chi connectivity index (χ0) is 20.9. The number of hydrogen-bond donors (Lipinski definition) is 2. The highest BCUT2D eigenvalue weighted by atomic mass is 32.2. The molecule has 1 aliphatic rings. The van der Waals surface area contributed by atoms with Gasteiger partial charge in [0.15, 0.2) is 5.13 Å². The molecular weight excluding hydrogens is 412 g/mol. The molecule has 2 heterocycles. The normalized spacial score (nSPS) is 17.7. The first-order chi connectivity index (χ1) is 14.6. The van der Waals surface area contributed by atoms with Crippen LogP contribution in [0.3, 0.4) is 0 Å². The van der Waals surface area contributed by atoms with Gasteiger partial charge in [0, 0.05) is 24.7 Å². The molecule has 2 aromatic carbocycles. The maximum Gasteiger partial charge on any atom is 0.275 e. The van der Waals surface area contributed by atoms with Crippen LogP contribution in [0.25, 0.3) is 6.08 Å². The minimum atomic E-state index is -0.102. The molecule has 3 aromatic rings. The molecule has 0 radical (unpaired) electrons. The molecule has 30 heavy (non-hydrogen) atoms. The number of amides is 1. The second-order valence-corrected chi connectivity index (χ2v) is 9.16. The van der Waals surface area contributed by atoms with Crippen molar-refractivity contribution in [1.29, 1.82) is 0 Å². The summed E-state index contributed by atoms with van der Waals surface area (Å²) in [5, 5.41) is 7.73. The van der Waals surface area contributed by atoms with Crippen LogP contribution in [-0.4, -0.2) is 29.0 Å². The number of aryl methyl sites for hydroxylation is 2. The summed E-state index contributed by atoms with van der Waals surface area (Å²) in [6.45, 7) is 5.43. The van der Waals surface area contributed by atoms with E-state index < -0.39 is 0 Å².